The van der Waals surface area contributed by atoms with Gasteiger partial charge in [-0.25, -0.2) is 4.98 Å². The van der Waals surface area contributed by atoms with Gasteiger partial charge in [0.2, 0.25) is 0 Å². The van der Waals surface area contributed by atoms with Crippen LogP contribution in [0.4, 0.5) is 5.13 Å². The zero-order valence-corrected chi connectivity index (χ0v) is 17.3. The molecule has 142 valence electrons. The van der Waals surface area contributed by atoms with Crippen LogP contribution in [-0.2, 0) is 12.8 Å². The summed E-state index contributed by atoms with van der Waals surface area (Å²) in [5.74, 6) is 0.0741. The fourth-order valence-electron chi connectivity index (χ4n) is 3.33. The number of nitrogens with zero attached hydrogens (tertiary/aromatic N) is 5. The Morgan fingerprint density at radius 3 is 2.74 bits per heavy atom. The van der Waals surface area contributed by atoms with E-state index in [2.05, 4.69) is 46.5 Å². The van der Waals surface area contributed by atoms with Crippen molar-refractivity contribution in [3.05, 3.63) is 34.3 Å². The molecule has 1 fully saturated rings. The highest BCUT2D eigenvalue weighted by Gasteiger charge is 2.27. The highest BCUT2D eigenvalue weighted by Crippen LogP contribution is 2.30. The number of piperazine rings is 1. The molecule has 0 N–H and O–H groups in total. The Labute approximate surface area is 167 Å². The number of aromatic nitrogens is 3. The highest BCUT2D eigenvalue weighted by molar-refractivity contribution is 7.22. The highest BCUT2D eigenvalue weighted by atomic mass is 32.1. The Bertz CT molecular complexity index is 943. The molecule has 27 heavy (non-hydrogen) atoms. The van der Waals surface area contributed by atoms with Crippen LogP contribution in [0.1, 0.15) is 41.2 Å². The number of carbonyl (C=O) groups is 1. The summed E-state index contributed by atoms with van der Waals surface area (Å²) in [4.78, 5) is 22.5. The minimum Gasteiger partial charge on any atom is -0.345 e. The number of anilines is 1. The van der Waals surface area contributed by atoms with E-state index in [1.54, 1.807) is 11.3 Å². The average molecular weight is 402 g/mol. The molecule has 8 heteroatoms. The number of hydrogen-bond acceptors (Lipinski definition) is 7. The third-order valence-corrected chi connectivity index (χ3v) is 6.76. The van der Waals surface area contributed by atoms with Gasteiger partial charge in [-0.2, -0.15) is 0 Å². The summed E-state index contributed by atoms with van der Waals surface area (Å²) in [5, 5.41) is 5.18. The largest absolute Gasteiger partial charge is 0.345 e. The summed E-state index contributed by atoms with van der Waals surface area (Å²) in [6, 6.07) is 6.50. The van der Waals surface area contributed by atoms with E-state index in [0.717, 1.165) is 48.7 Å². The number of benzene rings is 1. The number of aryl methyl sites for hydroxylation is 2. The molecule has 3 heterocycles. The summed E-state index contributed by atoms with van der Waals surface area (Å²) in [6.07, 6.45) is 2.82. The van der Waals surface area contributed by atoms with Gasteiger partial charge in [0.1, 0.15) is 4.88 Å². The molecule has 2 aromatic heterocycles. The van der Waals surface area contributed by atoms with Crippen LogP contribution in [-0.4, -0.2) is 51.6 Å². The molecule has 1 aliphatic heterocycles. The van der Waals surface area contributed by atoms with E-state index >= 15 is 0 Å². The summed E-state index contributed by atoms with van der Waals surface area (Å²) >= 11 is 2.96. The van der Waals surface area contributed by atoms with E-state index in [-0.39, 0.29) is 5.91 Å². The molecular formula is C19H23N5OS2. The van der Waals surface area contributed by atoms with Gasteiger partial charge in [0.05, 0.1) is 15.9 Å². The number of amides is 1. The minimum atomic E-state index is 0.0741. The predicted molar refractivity (Wildman–Crippen MR) is 111 cm³/mol. The molecule has 3 aromatic rings. The lowest BCUT2D eigenvalue weighted by molar-refractivity contribution is 0.0750. The van der Waals surface area contributed by atoms with Crippen molar-refractivity contribution in [1.82, 2.24) is 19.5 Å². The van der Waals surface area contributed by atoms with E-state index in [0.29, 0.717) is 18.0 Å². The summed E-state index contributed by atoms with van der Waals surface area (Å²) in [6.45, 7) is 7.29. The topological polar surface area (TPSA) is 62.2 Å². The van der Waals surface area contributed by atoms with E-state index in [1.807, 2.05) is 4.90 Å². The SMILES string of the molecule is CCCc1nnsc1C(=O)N1CCN(c2nc3ccc(CC)cc3s2)CC1. The molecule has 0 unspecified atom stereocenters. The van der Waals surface area contributed by atoms with E-state index in [9.17, 15) is 4.79 Å². The van der Waals surface area contributed by atoms with Crippen molar-refractivity contribution in [2.24, 2.45) is 0 Å². The predicted octanol–water partition coefficient (Wildman–Crippen LogP) is 3.63. The molecule has 1 aliphatic rings. The zero-order valence-electron chi connectivity index (χ0n) is 15.6. The van der Waals surface area contributed by atoms with E-state index in [1.165, 1.54) is 21.8 Å². The molecule has 1 amide bonds. The first-order valence-electron chi connectivity index (χ1n) is 9.44. The molecule has 0 radical (unpaired) electrons. The smallest absolute Gasteiger partial charge is 0.267 e. The van der Waals surface area contributed by atoms with E-state index in [4.69, 9.17) is 4.98 Å². The lowest BCUT2D eigenvalue weighted by Crippen LogP contribution is -2.48. The molecule has 0 saturated carbocycles. The lowest BCUT2D eigenvalue weighted by Gasteiger charge is -2.34. The standard InChI is InChI=1S/C19H23N5OS2/c1-3-5-15-17(27-22-21-15)18(25)23-8-10-24(11-9-23)19-20-14-7-6-13(4-2)12-16(14)26-19/h6-7,12H,3-5,8-11H2,1-2H3. The molecule has 0 atom stereocenters. The van der Waals surface area contributed by atoms with Crippen molar-refractivity contribution in [3.63, 3.8) is 0 Å². The second-order valence-corrected chi connectivity index (χ2v) is 8.49. The van der Waals surface area contributed by atoms with Crippen molar-refractivity contribution >= 4 is 44.1 Å². The van der Waals surface area contributed by atoms with E-state index < -0.39 is 0 Å². The first-order chi connectivity index (χ1) is 13.2. The number of fused-ring (bicyclic) bond motifs is 1. The van der Waals surface area contributed by atoms with Gasteiger partial charge in [0.25, 0.3) is 5.91 Å². The van der Waals surface area contributed by atoms with Crippen LogP contribution in [0.5, 0.6) is 0 Å². The fourth-order valence-corrected chi connectivity index (χ4v) is 5.09. The molecular weight excluding hydrogens is 378 g/mol. The van der Waals surface area contributed by atoms with Crippen molar-refractivity contribution < 1.29 is 4.79 Å². The summed E-state index contributed by atoms with van der Waals surface area (Å²) in [7, 11) is 0. The normalized spacial score (nSPS) is 14.9. The first-order valence-corrected chi connectivity index (χ1v) is 11.0. The van der Waals surface area contributed by atoms with Gasteiger partial charge in [0.15, 0.2) is 5.13 Å². The molecule has 1 aromatic carbocycles. The number of thiazole rings is 1. The number of hydrogen-bond donors (Lipinski definition) is 0. The second kappa shape index (κ2) is 7.90. The van der Waals surface area contributed by atoms with Gasteiger partial charge in [-0.05, 0) is 42.1 Å². The molecule has 1 saturated heterocycles. The Kier molecular flexibility index (Phi) is 5.36. The molecule has 0 bridgehead atoms. The average Bonchev–Trinajstić information content (AvgIpc) is 3.34. The monoisotopic (exact) mass is 401 g/mol. The van der Waals surface area contributed by atoms with Crippen molar-refractivity contribution in [2.75, 3.05) is 31.1 Å². The van der Waals surface area contributed by atoms with Gasteiger partial charge in [-0.15, -0.1) is 5.10 Å². The van der Waals surface area contributed by atoms with Crippen LogP contribution >= 0.6 is 22.9 Å². The number of carbonyl (C=O) groups excluding carboxylic acids is 1. The maximum Gasteiger partial charge on any atom is 0.267 e. The van der Waals surface area contributed by atoms with Crippen molar-refractivity contribution in [2.45, 2.75) is 33.1 Å². The van der Waals surface area contributed by atoms with Gasteiger partial charge < -0.3 is 9.80 Å². The minimum absolute atomic E-state index is 0.0741. The third-order valence-electron chi connectivity index (χ3n) is 4.92. The Morgan fingerprint density at radius 2 is 2.00 bits per heavy atom. The summed E-state index contributed by atoms with van der Waals surface area (Å²) < 4.78 is 5.22. The molecule has 4 rings (SSSR count). The Morgan fingerprint density at radius 1 is 1.19 bits per heavy atom. The Hall–Kier alpha value is -2.06. The van der Waals surface area contributed by atoms with Gasteiger partial charge in [-0.3, -0.25) is 4.79 Å². The maximum atomic E-state index is 12.8. The zero-order chi connectivity index (χ0) is 18.8. The van der Waals surface area contributed by atoms with Gasteiger partial charge in [0, 0.05) is 26.2 Å². The van der Waals surface area contributed by atoms with Crippen LogP contribution in [0.2, 0.25) is 0 Å². The van der Waals surface area contributed by atoms with Crippen LogP contribution in [0.3, 0.4) is 0 Å². The second-order valence-electron chi connectivity index (χ2n) is 6.73. The van der Waals surface area contributed by atoms with Crippen LogP contribution in [0.25, 0.3) is 10.2 Å². The third kappa shape index (κ3) is 3.68. The lowest BCUT2D eigenvalue weighted by atomic mass is 10.2. The molecule has 0 aliphatic carbocycles. The molecule has 6 nitrogen and oxygen atoms in total. The first kappa shape index (κ1) is 18.3. The maximum absolute atomic E-state index is 12.8. The van der Waals surface area contributed by atoms with Crippen LogP contribution in [0, 0.1) is 0 Å². The fraction of sp³-hybridized carbons (Fsp3) is 0.474. The van der Waals surface area contributed by atoms with Crippen molar-refractivity contribution in [1.29, 1.82) is 0 Å². The van der Waals surface area contributed by atoms with Crippen molar-refractivity contribution in [3.8, 4) is 0 Å². The Balaban J connectivity index is 1.44. The van der Waals surface area contributed by atoms with Crippen LogP contribution in [0.15, 0.2) is 18.2 Å². The van der Waals surface area contributed by atoms with Crippen LogP contribution < -0.4 is 4.90 Å². The van der Waals surface area contributed by atoms with Gasteiger partial charge in [-0.1, -0.05) is 42.2 Å². The molecule has 0 spiro atoms. The summed E-state index contributed by atoms with van der Waals surface area (Å²) in [5.41, 5.74) is 3.24. The van der Waals surface area contributed by atoms with Gasteiger partial charge >= 0.3 is 0 Å². The number of rotatable bonds is 5. The quantitative estimate of drug-likeness (QED) is 0.653.